The van der Waals surface area contributed by atoms with Crippen molar-refractivity contribution in [2.45, 2.75) is 51.5 Å². The van der Waals surface area contributed by atoms with E-state index in [-0.39, 0.29) is 18.4 Å². The third-order valence-corrected chi connectivity index (χ3v) is 2.89. The molecular weight excluding hydrogens is 222 g/mol. The van der Waals surface area contributed by atoms with Gasteiger partial charge in [-0.2, -0.15) is 0 Å². The van der Waals surface area contributed by atoms with Gasteiger partial charge < -0.3 is 19.1 Å². The third-order valence-electron chi connectivity index (χ3n) is 2.89. The summed E-state index contributed by atoms with van der Waals surface area (Å²) in [5.74, 6) is 0. The highest BCUT2D eigenvalue weighted by Crippen LogP contribution is 2.26. The standard InChI is InChI=1S/C12H21NO4/c1-12(2,3)17-11(14)13-6-4-5-9(13)10-15-7-8-16-10/h9-10H,4-8H2,1-3H3/t9-/m0/s1. The highest BCUT2D eigenvalue weighted by atomic mass is 16.7. The molecular formula is C12H21NO4. The Morgan fingerprint density at radius 2 is 1.94 bits per heavy atom. The number of rotatable bonds is 1. The topological polar surface area (TPSA) is 48.0 Å². The van der Waals surface area contributed by atoms with Crippen LogP contribution in [0.2, 0.25) is 0 Å². The zero-order chi connectivity index (χ0) is 12.5. The number of carbonyl (C=O) groups excluding carboxylic acids is 1. The molecule has 2 saturated heterocycles. The van der Waals surface area contributed by atoms with Crippen molar-refractivity contribution >= 4 is 6.09 Å². The predicted molar refractivity (Wildman–Crippen MR) is 61.7 cm³/mol. The second-order valence-corrected chi connectivity index (χ2v) is 5.49. The Morgan fingerprint density at radius 3 is 2.53 bits per heavy atom. The van der Waals surface area contributed by atoms with Gasteiger partial charge in [-0.3, -0.25) is 0 Å². The molecule has 0 saturated carbocycles. The van der Waals surface area contributed by atoms with Crippen molar-refractivity contribution in [2.75, 3.05) is 19.8 Å². The average Bonchev–Trinajstić information content (AvgIpc) is 2.85. The van der Waals surface area contributed by atoms with Crippen molar-refractivity contribution in [3.8, 4) is 0 Å². The van der Waals surface area contributed by atoms with Crippen LogP contribution in [-0.4, -0.2) is 48.7 Å². The van der Waals surface area contributed by atoms with Gasteiger partial charge in [0.25, 0.3) is 0 Å². The normalized spacial score (nSPS) is 26.5. The number of amides is 1. The van der Waals surface area contributed by atoms with Gasteiger partial charge in [-0.05, 0) is 33.6 Å². The number of hydrogen-bond donors (Lipinski definition) is 0. The van der Waals surface area contributed by atoms with Gasteiger partial charge in [-0.25, -0.2) is 4.79 Å². The summed E-state index contributed by atoms with van der Waals surface area (Å²) < 4.78 is 16.3. The maximum absolute atomic E-state index is 12.0. The lowest BCUT2D eigenvalue weighted by molar-refractivity contribution is -0.0906. The Hall–Kier alpha value is -0.810. The maximum atomic E-state index is 12.0. The molecule has 5 nitrogen and oxygen atoms in total. The van der Waals surface area contributed by atoms with Gasteiger partial charge in [0.15, 0.2) is 6.29 Å². The summed E-state index contributed by atoms with van der Waals surface area (Å²) >= 11 is 0. The van der Waals surface area contributed by atoms with Crippen LogP contribution in [-0.2, 0) is 14.2 Å². The summed E-state index contributed by atoms with van der Waals surface area (Å²) in [6, 6.07) is 0.00681. The monoisotopic (exact) mass is 243 g/mol. The maximum Gasteiger partial charge on any atom is 0.410 e. The van der Waals surface area contributed by atoms with Crippen molar-refractivity contribution in [3.63, 3.8) is 0 Å². The third kappa shape index (κ3) is 3.10. The van der Waals surface area contributed by atoms with Crippen LogP contribution in [0.25, 0.3) is 0 Å². The molecule has 98 valence electrons. The first kappa shape index (κ1) is 12.6. The molecule has 0 aromatic carbocycles. The van der Waals surface area contributed by atoms with Gasteiger partial charge in [-0.1, -0.05) is 0 Å². The molecule has 2 aliphatic rings. The van der Waals surface area contributed by atoms with Gasteiger partial charge in [0.2, 0.25) is 0 Å². The Morgan fingerprint density at radius 1 is 1.29 bits per heavy atom. The summed E-state index contributed by atoms with van der Waals surface area (Å²) in [4.78, 5) is 13.8. The zero-order valence-electron chi connectivity index (χ0n) is 10.8. The molecule has 17 heavy (non-hydrogen) atoms. The van der Waals surface area contributed by atoms with Crippen LogP contribution in [0, 0.1) is 0 Å². The highest BCUT2D eigenvalue weighted by molar-refractivity contribution is 5.69. The quantitative estimate of drug-likeness (QED) is 0.704. The SMILES string of the molecule is CC(C)(C)OC(=O)N1CCC[C@H]1C1OCCO1. The van der Waals surface area contributed by atoms with Gasteiger partial charge >= 0.3 is 6.09 Å². The lowest BCUT2D eigenvalue weighted by atomic mass is 10.2. The first-order valence-corrected chi connectivity index (χ1v) is 6.20. The second-order valence-electron chi connectivity index (χ2n) is 5.49. The minimum Gasteiger partial charge on any atom is -0.444 e. The number of likely N-dealkylation sites (tertiary alicyclic amines) is 1. The Kier molecular flexibility index (Phi) is 3.58. The first-order valence-electron chi connectivity index (χ1n) is 6.20. The molecule has 0 aliphatic carbocycles. The fourth-order valence-electron chi connectivity index (χ4n) is 2.22. The van der Waals surface area contributed by atoms with Crippen molar-refractivity contribution in [1.29, 1.82) is 0 Å². The van der Waals surface area contributed by atoms with E-state index in [4.69, 9.17) is 14.2 Å². The number of carbonyl (C=O) groups is 1. The van der Waals surface area contributed by atoms with E-state index in [9.17, 15) is 4.79 Å². The van der Waals surface area contributed by atoms with E-state index in [0.717, 1.165) is 19.4 Å². The Balaban J connectivity index is 1.96. The van der Waals surface area contributed by atoms with Crippen LogP contribution in [0.5, 0.6) is 0 Å². The predicted octanol–water partition coefficient (Wildman–Crippen LogP) is 1.76. The van der Waals surface area contributed by atoms with E-state index >= 15 is 0 Å². The minimum atomic E-state index is -0.457. The molecule has 2 rings (SSSR count). The fraction of sp³-hybridized carbons (Fsp3) is 0.917. The molecule has 0 unspecified atom stereocenters. The summed E-state index contributed by atoms with van der Waals surface area (Å²) in [6.45, 7) is 7.57. The molecule has 0 aromatic rings. The van der Waals surface area contributed by atoms with Crippen LogP contribution in [0.3, 0.4) is 0 Å². The van der Waals surface area contributed by atoms with E-state index < -0.39 is 5.60 Å². The summed E-state index contributed by atoms with van der Waals surface area (Å²) in [5, 5.41) is 0. The lowest BCUT2D eigenvalue weighted by Gasteiger charge is -2.30. The van der Waals surface area contributed by atoms with Crippen LogP contribution in [0.4, 0.5) is 4.79 Å². The van der Waals surface area contributed by atoms with Crippen LogP contribution < -0.4 is 0 Å². The molecule has 2 aliphatic heterocycles. The Bertz CT molecular complexity index is 281. The molecule has 0 spiro atoms. The molecule has 1 amide bonds. The van der Waals surface area contributed by atoms with Crippen LogP contribution >= 0.6 is 0 Å². The highest BCUT2D eigenvalue weighted by Gasteiger charge is 2.39. The van der Waals surface area contributed by atoms with E-state index in [1.54, 1.807) is 4.90 Å². The molecule has 0 aromatic heterocycles. The fourth-order valence-corrected chi connectivity index (χ4v) is 2.22. The van der Waals surface area contributed by atoms with E-state index in [2.05, 4.69) is 0 Å². The van der Waals surface area contributed by atoms with E-state index in [1.807, 2.05) is 20.8 Å². The minimum absolute atomic E-state index is 0.00681. The number of hydrogen-bond acceptors (Lipinski definition) is 4. The molecule has 2 heterocycles. The van der Waals surface area contributed by atoms with E-state index in [1.165, 1.54) is 0 Å². The molecule has 0 bridgehead atoms. The number of ether oxygens (including phenoxy) is 3. The first-order chi connectivity index (χ1) is 7.97. The molecule has 5 heteroatoms. The van der Waals surface area contributed by atoms with Gasteiger partial charge in [0.1, 0.15) is 5.60 Å². The Labute approximate surface area is 102 Å². The van der Waals surface area contributed by atoms with Crippen molar-refractivity contribution in [3.05, 3.63) is 0 Å². The number of nitrogens with zero attached hydrogens (tertiary/aromatic N) is 1. The van der Waals surface area contributed by atoms with Crippen LogP contribution in [0.1, 0.15) is 33.6 Å². The van der Waals surface area contributed by atoms with Gasteiger partial charge in [0.05, 0.1) is 19.3 Å². The van der Waals surface area contributed by atoms with Crippen molar-refractivity contribution < 1.29 is 19.0 Å². The van der Waals surface area contributed by atoms with E-state index in [0.29, 0.717) is 13.2 Å². The molecule has 0 N–H and O–H groups in total. The molecule has 0 radical (unpaired) electrons. The van der Waals surface area contributed by atoms with Crippen molar-refractivity contribution in [2.24, 2.45) is 0 Å². The smallest absolute Gasteiger partial charge is 0.410 e. The summed E-state index contributed by atoms with van der Waals surface area (Å²) in [6.07, 6.45) is 1.36. The largest absolute Gasteiger partial charge is 0.444 e. The molecule has 2 fully saturated rings. The average molecular weight is 243 g/mol. The summed E-state index contributed by atoms with van der Waals surface area (Å²) in [5.41, 5.74) is -0.457. The second kappa shape index (κ2) is 4.82. The zero-order valence-corrected chi connectivity index (χ0v) is 10.8. The van der Waals surface area contributed by atoms with Gasteiger partial charge in [0, 0.05) is 6.54 Å². The van der Waals surface area contributed by atoms with Crippen LogP contribution in [0.15, 0.2) is 0 Å². The molecule has 1 atom stereocenters. The lowest BCUT2D eigenvalue weighted by Crippen LogP contribution is -2.45. The van der Waals surface area contributed by atoms with Gasteiger partial charge in [-0.15, -0.1) is 0 Å². The van der Waals surface area contributed by atoms with Crippen molar-refractivity contribution in [1.82, 2.24) is 4.90 Å². The summed E-state index contributed by atoms with van der Waals surface area (Å²) in [7, 11) is 0.